The molecule has 6 nitrogen and oxygen atoms in total. The Kier molecular flexibility index (Phi) is 5.12. The number of ether oxygens (including phenoxy) is 2. The first kappa shape index (κ1) is 16.5. The summed E-state index contributed by atoms with van der Waals surface area (Å²) in [7, 11) is 1.31. The van der Waals surface area contributed by atoms with E-state index < -0.39 is 12.1 Å². The van der Waals surface area contributed by atoms with Crippen molar-refractivity contribution in [1.29, 1.82) is 0 Å². The number of morpholine rings is 1. The Morgan fingerprint density at radius 2 is 2.12 bits per heavy atom. The van der Waals surface area contributed by atoms with E-state index in [0.29, 0.717) is 13.2 Å². The summed E-state index contributed by atoms with van der Waals surface area (Å²) >= 11 is 1.61. The number of amides is 2. The van der Waals surface area contributed by atoms with Crippen LogP contribution in [0.4, 0.5) is 10.5 Å². The third-order valence-electron chi connectivity index (χ3n) is 3.77. The van der Waals surface area contributed by atoms with E-state index >= 15 is 0 Å². The van der Waals surface area contributed by atoms with Gasteiger partial charge in [-0.2, -0.15) is 0 Å². The Hall–Kier alpha value is -2.38. The maximum Gasteiger partial charge on any atom is 0.336 e. The van der Waals surface area contributed by atoms with E-state index in [1.165, 1.54) is 7.11 Å². The molecule has 1 aliphatic rings. The van der Waals surface area contributed by atoms with Crippen molar-refractivity contribution in [3.8, 4) is 10.4 Å². The molecule has 0 radical (unpaired) electrons. The Morgan fingerprint density at radius 3 is 2.88 bits per heavy atom. The maximum absolute atomic E-state index is 12.6. The molecule has 2 aromatic rings. The van der Waals surface area contributed by atoms with Gasteiger partial charge < -0.3 is 19.7 Å². The number of methoxy groups -OCH3 is 1. The van der Waals surface area contributed by atoms with Crippen LogP contribution in [0, 0.1) is 0 Å². The fraction of sp³-hybridized carbons (Fsp3) is 0.294. The van der Waals surface area contributed by atoms with Crippen LogP contribution in [-0.2, 0) is 14.3 Å². The molecule has 2 amide bonds. The number of hydrogen-bond acceptors (Lipinski definition) is 5. The molecule has 0 saturated carbocycles. The number of para-hydroxylation sites is 1. The fourth-order valence-corrected chi connectivity index (χ4v) is 3.31. The van der Waals surface area contributed by atoms with Crippen molar-refractivity contribution in [3.63, 3.8) is 0 Å². The molecule has 1 aliphatic heterocycles. The highest BCUT2D eigenvalue weighted by Gasteiger charge is 2.30. The molecule has 1 aromatic carbocycles. The number of carbonyl (C=O) groups is 2. The van der Waals surface area contributed by atoms with Crippen molar-refractivity contribution < 1.29 is 19.1 Å². The van der Waals surface area contributed by atoms with E-state index in [0.717, 1.165) is 16.1 Å². The van der Waals surface area contributed by atoms with Crippen molar-refractivity contribution in [3.05, 3.63) is 41.8 Å². The summed E-state index contributed by atoms with van der Waals surface area (Å²) in [4.78, 5) is 26.8. The largest absolute Gasteiger partial charge is 0.467 e. The van der Waals surface area contributed by atoms with E-state index in [1.807, 2.05) is 41.8 Å². The van der Waals surface area contributed by atoms with Crippen LogP contribution < -0.4 is 5.32 Å². The number of benzene rings is 1. The molecule has 1 fully saturated rings. The van der Waals surface area contributed by atoms with Crippen LogP contribution in [0.5, 0.6) is 0 Å². The van der Waals surface area contributed by atoms with Crippen molar-refractivity contribution >= 4 is 29.0 Å². The van der Waals surface area contributed by atoms with Crippen molar-refractivity contribution in [1.82, 2.24) is 4.90 Å². The lowest BCUT2D eigenvalue weighted by atomic mass is 10.1. The standard InChI is InChI=1S/C17H18N2O4S/c1-22-16(20)14-11-19(8-9-23-14)17(21)18-13-6-3-2-5-12(13)15-7-4-10-24-15/h2-7,10,14H,8-9,11H2,1H3,(H,18,21). The van der Waals surface area contributed by atoms with E-state index in [4.69, 9.17) is 4.74 Å². The first-order valence-corrected chi connectivity index (χ1v) is 8.45. The second-order valence-corrected chi connectivity index (χ2v) is 6.23. The van der Waals surface area contributed by atoms with Crippen LogP contribution >= 0.6 is 11.3 Å². The number of hydrogen-bond donors (Lipinski definition) is 1. The van der Waals surface area contributed by atoms with Gasteiger partial charge in [-0.05, 0) is 17.5 Å². The lowest BCUT2D eigenvalue weighted by Gasteiger charge is -2.31. The zero-order valence-corrected chi connectivity index (χ0v) is 14.0. The molecule has 1 aromatic heterocycles. The number of esters is 1. The highest BCUT2D eigenvalue weighted by molar-refractivity contribution is 7.13. The van der Waals surface area contributed by atoms with Crippen LogP contribution in [-0.4, -0.2) is 49.8 Å². The molecule has 0 aliphatic carbocycles. The lowest BCUT2D eigenvalue weighted by molar-refractivity contribution is -0.158. The van der Waals surface area contributed by atoms with Gasteiger partial charge in [0.05, 0.1) is 25.9 Å². The Balaban J connectivity index is 1.72. The molecule has 0 spiro atoms. The monoisotopic (exact) mass is 346 g/mol. The molecule has 126 valence electrons. The second-order valence-electron chi connectivity index (χ2n) is 5.28. The second kappa shape index (κ2) is 7.46. The van der Waals surface area contributed by atoms with Gasteiger partial charge in [0.2, 0.25) is 0 Å². The van der Waals surface area contributed by atoms with Gasteiger partial charge in [0.15, 0.2) is 6.10 Å². The average molecular weight is 346 g/mol. The van der Waals surface area contributed by atoms with Crippen LogP contribution in [0.25, 0.3) is 10.4 Å². The van der Waals surface area contributed by atoms with Gasteiger partial charge >= 0.3 is 12.0 Å². The third kappa shape index (κ3) is 3.58. The molecular formula is C17H18N2O4S. The Labute approximate surface area is 144 Å². The summed E-state index contributed by atoms with van der Waals surface area (Å²) in [6.45, 7) is 0.917. The first-order valence-electron chi connectivity index (χ1n) is 7.57. The lowest BCUT2D eigenvalue weighted by Crippen LogP contribution is -2.50. The molecule has 1 saturated heterocycles. The zero-order chi connectivity index (χ0) is 16.9. The van der Waals surface area contributed by atoms with Crippen molar-refractivity contribution in [2.45, 2.75) is 6.10 Å². The molecule has 1 unspecified atom stereocenters. The van der Waals surface area contributed by atoms with Gasteiger partial charge in [0.1, 0.15) is 0 Å². The van der Waals surface area contributed by atoms with Crippen LogP contribution in [0.15, 0.2) is 41.8 Å². The molecule has 1 N–H and O–H groups in total. The highest BCUT2D eigenvalue weighted by atomic mass is 32.1. The minimum atomic E-state index is -0.734. The maximum atomic E-state index is 12.6. The van der Waals surface area contributed by atoms with E-state index in [1.54, 1.807) is 16.2 Å². The van der Waals surface area contributed by atoms with Gasteiger partial charge in [0.25, 0.3) is 0 Å². The number of carbonyl (C=O) groups excluding carboxylic acids is 2. The molecule has 1 atom stereocenters. The van der Waals surface area contributed by atoms with Gasteiger partial charge in [-0.1, -0.05) is 24.3 Å². The predicted molar refractivity (Wildman–Crippen MR) is 92.1 cm³/mol. The van der Waals surface area contributed by atoms with E-state index in [2.05, 4.69) is 10.1 Å². The molecule has 3 rings (SSSR count). The summed E-state index contributed by atoms with van der Waals surface area (Å²) < 4.78 is 10.0. The summed E-state index contributed by atoms with van der Waals surface area (Å²) in [6.07, 6.45) is -0.734. The topological polar surface area (TPSA) is 67.9 Å². The summed E-state index contributed by atoms with van der Waals surface area (Å²) in [5, 5.41) is 4.93. The molecule has 24 heavy (non-hydrogen) atoms. The number of thiophene rings is 1. The minimum absolute atomic E-state index is 0.180. The summed E-state index contributed by atoms with van der Waals surface area (Å²) in [5.74, 6) is -0.466. The summed E-state index contributed by atoms with van der Waals surface area (Å²) in [5.41, 5.74) is 1.71. The van der Waals surface area contributed by atoms with Gasteiger partial charge in [-0.15, -0.1) is 11.3 Å². The zero-order valence-electron chi connectivity index (χ0n) is 13.2. The van der Waals surface area contributed by atoms with E-state index in [9.17, 15) is 9.59 Å². The smallest absolute Gasteiger partial charge is 0.336 e. The van der Waals surface area contributed by atoms with Crippen molar-refractivity contribution in [2.24, 2.45) is 0 Å². The quantitative estimate of drug-likeness (QED) is 0.868. The Morgan fingerprint density at radius 1 is 1.29 bits per heavy atom. The minimum Gasteiger partial charge on any atom is -0.467 e. The average Bonchev–Trinajstić information content (AvgIpc) is 3.16. The molecular weight excluding hydrogens is 328 g/mol. The SMILES string of the molecule is COC(=O)C1CN(C(=O)Nc2ccccc2-c2cccs2)CCO1. The van der Waals surface area contributed by atoms with Gasteiger partial charge in [-0.25, -0.2) is 9.59 Å². The number of anilines is 1. The van der Waals surface area contributed by atoms with E-state index in [-0.39, 0.29) is 12.6 Å². The number of nitrogens with zero attached hydrogens (tertiary/aromatic N) is 1. The fourth-order valence-electron chi connectivity index (χ4n) is 2.54. The van der Waals surface area contributed by atoms with Crippen LogP contribution in [0.3, 0.4) is 0 Å². The van der Waals surface area contributed by atoms with Crippen LogP contribution in [0.2, 0.25) is 0 Å². The number of urea groups is 1. The van der Waals surface area contributed by atoms with Gasteiger partial charge in [0, 0.05) is 17.0 Å². The molecule has 7 heteroatoms. The Bertz CT molecular complexity index is 717. The van der Waals surface area contributed by atoms with Crippen LogP contribution in [0.1, 0.15) is 0 Å². The van der Waals surface area contributed by atoms with Gasteiger partial charge in [-0.3, -0.25) is 0 Å². The summed E-state index contributed by atoms with van der Waals surface area (Å²) in [6, 6.07) is 11.4. The first-order chi connectivity index (χ1) is 11.7. The third-order valence-corrected chi connectivity index (χ3v) is 4.68. The number of rotatable bonds is 3. The van der Waals surface area contributed by atoms with Crippen molar-refractivity contribution in [2.75, 3.05) is 32.1 Å². The highest BCUT2D eigenvalue weighted by Crippen LogP contribution is 2.31. The molecule has 2 heterocycles. The normalized spacial score (nSPS) is 17.4. The number of nitrogens with one attached hydrogen (secondary N) is 1. The predicted octanol–water partition coefficient (Wildman–Crippen LogP) is 2.82. The molecule has 0 bridgehead atoms.